The molecule has 2 unspecified atom stereocenters. The van der Waals surface area contributed by atoms with E-state index in [0.717, 1.165) is 18.2 Å². The quantitative estimate of drug-likeness (QED) is 0.216. The van der Waals surface area contributed by atoms with Crippen LogP contribution in [0.15, 0.2) is 65.6 Å². The lowest BCUT2D eigenvalue weighted by Gasteiger charge is -2.32. The Balaban J connectivity index is 1.70. The monoisotopic (exact) mass is 586 g/mol. The number of sulfone groups is 1. The molecule has 3 aromatic carbocycles. The highest BCUT2D eigenvalue weighted by Gasteiger charge is 2.40. The Morgan fingerprint density at radius 3 is 2.54 bits per heavy atom. The number of methoxy groups -OCH3 is 1. The van der Waals surface area contributed by atoms with E-state index in [2.05, 4.69) is 4.74 Å². The zero-order chi connectivity index (χ0) is 28.4. The number of ether oxygens (including phenoxy) is 3. The molecule has 0 N–H and O–H groups in total. The van der Waals surface area contributed by atoms with Crippen LogP contribution in [-0.4, -0.2) is 27.6 Å². The Bertz CT molecular complexity index is 1460. The number of esters is 1. The molecule has 0 fully saturated rings. The molecule has 12 heteroatoms. The number of halogens is 5. The topological polar surface area (TPSA) is 78.9 Å². The van der Waals surface area contributed by atoms with Crippen molar-refractivity contribution in [3.05, 3.63) is 88.2 Å². The first-order valence-electron chi connectivity index (χ1n) is 11.7. The maximum atomic E-state index is 14.2. The minimum Gasteiger partial charge on any atom is -0.490 e. The predicted octanol–water partition coefficient (Wildman–Crippen LogP) is 6.70. The summed E-state index contributed by atoms with van der Waals surface area (Å²) in [6.45, 7) is -0.252. The molecule has 1 aliphatic rings. The third-order valence-corrected chi connectivity index (χ3v) is 8.77. The summed E-state index contributed by atoms with van der Waals surface area (Å²) in [6, 6.07) is 12.0. The molecule has 0 spiro atoms. The van der Waals surface area contributed by atoms with Crippen LogP contribution in [0.2, 0.25) is 5.02 Å². The van der Waals surface area contributed by atoms with Gasteiger partial charge in [0, 0.05) is 24.0 Å². The van der Waals surface area contributed by atoms with Crippen LogP contribution in [0.25, 0.3) is 0 Å². The van der Waals surface area contributed by atoms with E-state index in [-0.39, 0.29) is 53.5 Å². The number of alkyl halides is 3. The lowest BCUT2D eigenvalue weighted by atomic mass is 9.98. The molecule has 2 atom stereocenters. The van der Waals surface area contributed by atoms with E-state index < -0.39 is 49.6 Å². The van der Waals surface area contributed by atoms with Crippen molar-refractivity contribution in [2.75, 3.05) is 7.11 Å². The molecule has 3 aromatic rings. The highest BCUT2D eigenvalue weighted by atomic mass is 35.5. The molecular formula is C27H23ClF4O6S. The summed E-state index contributed by atoms with van der Waals surface area (Å²) in [6.07, 6.45) is -5.52. The van der Waals surface area contributed by atoms with Gasteiger partial charge in [0.2, 0.25) is 0 Å². The van der Waals surface area contributed by atoms with Crippen molar-refractivity contribution in [2.45, 2.75) is 48.3 Å². The van der Waals surface area contributed by atoms with Crippen molar-refractivity contribution in [3.8, 4) is 11.5 Å². The Morgan fingerprint density at radius 1 is 1.10 bits per heavy atom. The van der Waals surface area contributed by atoms with E-state index >= 15 is 0 Å². The van der Waals surface area contributed by atoms with Gasteiger partial charge in [0.15, 0.2) is 9.84 Å². The third kappa shape index (κ3) is 6.47. The van der Waals surface area contributed by atoms with Gasteiger partial charge in [0.1, 0.15) is 30.0 Å². The second-order valence-corrected chi connectivity index (χ2v) is 11.4. The smallest absolute Gasteiger partial charge is 0.416 e. The van der Waals surface area contributed by atoms with Crippen molar-refractivity contribution in [1.82, 2.24) is 0 Å². The number of hydrogen-bond donors (Lipinski definition) is 0. The number of hydrogen-bond acceptors (Lipinski definition) is 6. The van der Waals surface area contributed by atoms with Crippen molar-refractivity contribution < 1.29 is 45.0 Å². The van der Waals surface area contributed by atoms with E-state index in [4.69, 9.17) is 21.1 Å². The van der Waals surface area contributed by atoms with Gasteiger partial charge in [0.05, 0.1) is 27.8 Å². The van der Waals surface area contributed by atoms with Crippen LogP contribution in [0, 0.1) is 5.82 Å². The first-order chi connectivity index (χ1) is 18.4. The van der Waals surface area contributed by atoms with E-state index in [1.54, 1.807) is 0 Å². The molecule has 0 bridgehead atoms. The Labute approximate surface area is 227 Å². The molecular weight excluding hydrogens is 564 g/mol. The molecule has 6 nitrogen and oxygen atoms in total. The fourth-order valence-electron chi connectivity index (χ4n) is 4.26. The van der Waals surface area contributed by atoms with Crippen LogP contribution in [0.3, 0.4) is 0 Å². The van der Waals surface area contributed by atoms with Gasteiger partial charge >= 0.3 is 12.1 Å². The summed E-state index contributed by atoms with van der Waals surface area (Å²) in [5.41, 5.74) is -0.833. The molecule has 0 amide bonds. The summed E-state index contributed by atoms with van der Waals surface area (Å²) in [4.78, 5) is 11.1. The minimum absolute atomic E-state index is 0.0442. The standard InChI is InChI=1S/C27H23ClF4O6S/c1-36-26(33)11-9-18-14-25(39(34,35)19-5-2-4-16(12-19)27(30,31)32)20-13-17(8-10-24(20)38-18)37-15-21-22(28)6-3-7-23(21)29/h2-8,10,12-13,18,25H,9,11,14-15H2,1H3. The fraction of sp³-hybridized carbons (Fsp3) is 0.296. The van der Waals surface area contributed by atoms with Gasteiger partial charge in [0.25, 0.3) is 0 Å². The van der Waals surface area contributed by atoms with Crippen LogP contribution in [0.4, 0.5) is 17.6 Å². The van der Waals surface area contributed by atoms with Crippen molar-refractivity contribution in [3.63, 3.8) is 0 Å². The molecule has 39 heavy (non-hydrogen) atoms. The zero-order valence-electron chi connectivity index (χ0n) is 20.5. The summed E-state index contributed by atoms with van der Waals surface area (Å²) < 4.78 is 97.9. The van der Waals surface area contributed by atoms with E-state index in [0.29, 0.717) is 6.07 Å². The third-order valence-electron chi connectivity index (χ3n) is 6.31. The van der Waals surface area contributed by atoms with Crippen LogP contribution in [0.5, 0.6) is 11.5 Å². The lowest BCUT2D eigenvalue weighted by molar-refractivity contribution is -0.141. The second kappa shape index (κ2) is 11.4. The van der Waals surface area contributed by atoms with Crippen LogP contribution in [-0.2, 0) is 32.2 Å². The fourth-order valence-corrected chi connectivity index (χ4v) is 6.35. The summed E-state index contributed by atoms with van der Waals surface area (Å²) >= 11 is 6.05. The molecule has 0 saturated heterocycles. The number of carbonyl (C=O) groups excluding carboxylic acids is 1. The van der Waals surface area contributed by atoms with Gasteiger partial charge in [-0.05, 0) is 55.0 Å². The Hall–Kier alpha value is -3.31. The average molecular weight is 587 g/mol. The number of fused-ring (bicyclic) bond motifs is 1. The summed E-state index contributed by atoms with van der Waals surface area (Å²) in [7, 11) is -3.15. The van der Waals surface area contributed by atoms with Gasteiger partial charge in [-0.3, -0.25) is 4.79 Å². The molecule has 1 aliphatic heterocycles. The first-order valence-corrected chi connectivity index (χ1v) is 13.7. The molecule has 208 valence electrons. The highest BCUT2D eigenvalue weighted by Crippen LogP contribution is 2.45. The zero-order valence-corrected chi connectivity index (χ0v) is 22.1. The number of rotatable bonds is 8. The van der Waals surface area contributed by atoms with Crippen molar-refractivity contribution in [1.29, 1.82) is 0 Å². The van der Waals surface area contributed by atoms with E-state index in [9.17, 15) is 30.8 Å². The van der Waals surface area contributed by atoms with Gasteiger partial charge < -0.3 is 14.2 Å². The van der Waals surface area contributed by atoms with E-state index in [1.807, 2.05) is 0 Å². The van der Waals surface area contributed by atoms with Crippen LogP contribution in [0.1, 0.15) is 41.2 Å². The molecule has 0 aromatic heterocycles. The molecule has 0 radical (unpaired) electrons. The number of benzene rings is 3. The van der Waals surface area contributed by atoms with Gasteiger partial charge in [-0.25, -0.2) is 12.8 Å². The van der Waals surface area contributed by atoms with Crippen LogP contribution < -0.4 is 9.47 Å². The van der Waals surface area contributed by atoms with Gasteiger partial charge in [-0.2, -0.15) is 13.2 Å². The number of carbonyl (C=O) groups is 1. The Morgan fingerprint density at radius 2 is 1.85 bits per heavy atom. The van der Waals surface area contributed by atoms with Crippen LogP contribution >= 0.6 is 11.6 Å². The van der Waals surface area contributed by atoms with Crippen molar-refractivity contribution in [2.24, 2.45) is 0 Å². The second-order valence-electron chi connectivity index (χ2n) is 8.84. The molecule has 0 aliphatic carbocycles. The predicted molar refractivity (Wildman–Crippen MR) is 134 cm³/mol. The largest absolute Gasteiger partial charge is 0.490 e. The molecule has 4 rings (SSSR count). The van der Waals surface area contributed by atoms with Crippen molar-refractivity contribution >= 4 is 27.4 Å². The minimum atomic E-state index is -4.74. The molecule has 0 saturated carbocycles. The van der Waals surface area contributed by atoms with Gasteiger partial charge in [-0.1, -0.05) is 23.7 Å². The summed E-state index contributed by atoms with van der Waals surface area (Å²) in [5.74, 6) is -0.749. The SMILES string of the molecule is COC(=O)CCC1CC(S(=O)(=O)c2cccc(C(F)(F)F)c2)c2cc(OCc3c(F)cccc3Cl)ccc2O1. The molecule has 1 heterocycles. The lowest BCUT2D eigenvalue weighted by Crippen LogP contribution is -2.30. The average Bonchev–Trinajstić information content (AvgIpc) is 2.90. The maximum Gasteiger partial charge on any atom is 0.416 e. The highest BCUT2D eigenvalue weighted by molar-refractivity contribution is 7.91. The maximum absolute atomic E-state index is 14.2. The van der Waals surface area contributed by atoms with E-state index in [1.165, 1.54) is 43.5 Å². The Kier molecular flexibility index (Phi) is 8.41. The summed E-state index contributed by atoms with van der Waals surface area (Å²) in [5, 5.41) is -1.16. The van der Waals surface area contributed by atoms with Gasteiger partial charge in [-0.15, -0.1) is 0 Å². The normalized spacial score (nSPS) is 17.2. The first kappa shape index (κ1) is 28.7.